The summed E-state index contributed by atoms with van der Waals surface area (Å²) >= 11 is 1.48. The molecule has 0 aliphatic rings. The molecular weight excluding hydrogens is 266 g/mol. The molecule has 3 nitrogen and oxygen atoms in total. The number of nitrogen functional groups attached to an aromatic ring is 1. The fourth-order valence-electron chi connectivity index (χ4n) is 2.48. The SMILES string of the molecule is Cc1cc(-c2csc(N)n2)c(C)n1Cc1ccccc1. The number of aromatic nitrogens is 2. The summed E-state index contributed by atoms with van der Waals surface area (Å²) in [5.41, 5.74) is 11.7. The van der Waals surface area contributed by atoms with Crippen molar-refractivity contribution in [2.24, 2.45) is 0 Å². The zero-order chi connectivity index (χ0) is 14.1. The number of hydrogen-bond donors (Lipinski definition) is 1. The number of rotatable bonds is 3. The number of aryl methyl sites for hydroxylation is 1. The van der Waals surface area contributed by atoms with Gasteiger partial charge in [0.15, 0.2) is 5.13 Å². The number of hydrogen-bond acceptors (Lipinski definition) is 3. The molecule has 0 aliphatic heterocycles. The Morgan fingerprint density at radius 2 is 1.95 bits per heavy atom. The Morgan fingerprint density at radius 3 is 2.60 bits per heavy atom. The van der Waals surface area contributed by atoms with Gasteiger partial charge >= 0.3 is 0 Å². The van der Waals surface area contributed by atoms with Crippen molar-refractivity contribution in [1.29, 1.82) is 0 Å². The zero-order valence-corrected chi connectivity index (χ0v) is 12.4. The second-order valence-corrected chi connectivity index (χ2v) is 5.82. The van der Waals surface area contributed by atoms with Crippen LogP contribution in [0.3, 0.4) is 0 Å². The topological polar surface area (TPSA) is 43.8 Å². The zero-order valence-electron chi connectivity index (χ0n) is 11.6. The van der Waals surface area contributed by atoms with Gasteiger partial charge in [0.05, 0.1) is 5.69 Å². The van der Waals surface area contributed by atoms with Gasteiger partial charge in [-0.25, -0.2) is 4.98 Å². The van der Waals surface area contributed by atoms with Crippen LogP contribution in [0.25, 0.3) is 11.3 Å². The molecule has 0 radical (unpaired) electrons. The molecule has 0 unspecified atom stereocenters. The van der Waals surface area contributed by atoms with Crippen LogP contribution in [-0.4, -0.2) is 9.55 Å². The molecule has 3 rings (SSSR count). The molecule has 20 heavy (non-hydrogen) atoms. The summed E-state index contributed by atoms with van der Waals surface area (Å²) in [4.78, 5) is 4.39. The second-order valence-electron chi connectivity index (χ2n) is 4.93. The van der Waals surface area contributed by atoms with Gasteiger partial charge in [-0.1, -0.05) is 30.3 Å². The highest BCUT2D eigenvalue weighted by Crippen LogP contribution is 2.29. The molecule has 1 aromatic carbocycles. The van der Waals surface area contributed by atoms with E-state index in [2.05, 4.69) is 53.7 Å². The molecule has 0 atom stereocenters. The lowest BCUT2D eigenvalue weighted by atomic mass is 10.2. The highest BCUT2D eigenvalue weighted by Gasteiger charge is 2.13. The molecule has 2 aromatic heterocycles. The van der Waals surface area contributed by atoms with Crippen LogP contribution >= 0.6 is 11.3 Å². The fraction of sp³-hybridized carbons (Fsp3) is 0.188. The third kappa shape index (κ3) is 2.34. The van der Waals surface area contributed by atoms with Crippen LogP contribution in [0.1, 0.15) is 17.0 Å². The highest BCUT2D eigenvalue weighted by molar-refractivity contribution is 7.13. The Labute approximate surface area is 122 Å². The standard InChI is InChI=1S/C16H17N3S/c1-11-8-14(15-10-20-16(17)18-15)12(2)19(11)9-13-6-4-3-5-7-13/h3-8,10H,9H2,1-2H3,(H2,17,18). The van der Waals surface area contributed by atoms with Gasteiger partial charge in [0.25, 0.3) is 0 Å². The molecule has 2 heterocycles. The number of nitrogens with zero attached hydrogens (tertiary/aromatic N) is 2. The van der Waals surface area contributed by atoms with Gasteiger partial charge in [-0.15, -0.1) is 11.3 Å². The first-order valence-corrected chi connectivity index (χ1v) is 7.45. The average molecular weight is 283 g/mol. The monoisotopic (exact) mass is 283 g/mol. The van der Waals surface area contributed by atoms with E-state index in [4.69, 9.17) is 5.73 Å². The van der Waals surface area contributed by atoms with Crippen molar-refractivity contribution in [2.75, 3.05) is 5.73 Å². The Balaban J connectivity index is 1.99. The van der Waals surface area contributed by atoms with Gasteiger partial charge in [0.1, 0.15) is 0 Å². The lowest BCUT2D eigenvalue weighted by Crippen LogP contribution is -2.03. The van der Waals surface area contributed by atoms with Gasteiger partial charge in [-0.2, -0.15) is 0 Å². The minimum absolute atomic E-state index is 0.618. The van der Waals surface area contributed by atoms with Crippen molar-refractivity contribution >= 4 is 16.5 Å². The predicted molar refractivity (Wildman–Crippen MR) is 85.0 cm³/mol. The normalized spacial score (nSPS) is 10.9. The van der Waals surface area contributed by atoms with E-state index in [1.807, 2.05) is 11.4 Å². The fourth-order valence-corrected chi connectivity index (χ4v) is 3.04. The minimum Gasteiger partial charge on any atom is -0.375 e. The number of nitrogens with two attached hydrogens (primary N) is 1. The van der Waals surface area contributed by atoms with Crippen molar-refractivity contribution in [3.63, 3.8) is 0 Å². The van der Waals surface area contributed by atoms with Gasteiger partial charge in [-0.3, -0.25) is 0 Å². The molecule has 0 fully saturated rings. The largest absolute Gasteiger partial charge is 0.375 e. The van der Waals surface area contributed by atoms with E-state index in [0.717, 1.165) is 12.2 Å². The predicted octanol–water partition coefficient (Wildman–Crippen LogP) is 3.86. The molecule has 4 heteroatoms. The van der Waals surface area contributed by atoms with Crippen LogP contribution in [0.4, 0.5) is 5.13 Å². The molecule has 0 saturated heterocycles. The van der Waals surface area contributed by atoms with Gasteiger partial charge in [0, 0.05) is 28.9 Å². The summed E-state index contributed by atoms with van der Waals surface area (Å²) in [5, 5.41) is 2.64. The number of anilines is 1. The van der Waals surface area contributed by atoms with E-state index in [1.165, 1.54) is 33.9 Å². The van der Waals surface area contributed by atoms with Crippen molar-refractivity contribution in [3.8, 4) is 11.3 Å². The molecule has 102 valence electrons. The van der Waals surface area contributed by atoms with Crippen LogP contribution in [0.15, 0.2) is 41.8 Å². The van der Waals surface area contributed by atoms with Gasteiger partial charge in [-0.05, 0) is 25.5 Å². The quantitative estimate of drug-likeness (QED) is 0.793. The molecule has 0 spiro atoms. The maximum Gasteiger partial charge on any atom is 0.180 e. The smallest absolute Gasteiger partial charge is 0.180 e. The second kappa shape index (κ2) is 5.13. The number of thiazole rings is 1. The molecule has 0 bridgehead atoms. The Kier molecular flexibility index (Phi) is 3.32. The van der Waals surface area contributed by atoms with Crippen LogP contribution in [-0.2, 0) is 6.54 Å². The summed E-state index contributed by atoms with van der Waals surface area (Å²) in [6, 6.07) is 12.7. The Bertz CT molecular complexity index is 726. The summed E-state index contributed by atoms with van der Waals surface area (Å²) in [5.74, 6) is 0. The highest BCUT2D eigenvalue weighted by atomic mass is 32.1. The summed E-state index contributed by atoms with van der Waals surface area (Å²) in [6.07, 6.45) is 0. The third-order valence-corrected chi connectivity index (χ3v) is 4.23. The first kappa shape index (κ1) is 12.9. The van der Waals surface area contributed by atoms with E-state index in [0.29, 0.717) is 5.13 Å². The Morgan fingerprint density at radius 1 is 1.20 bits per heavy atom. The maximum atomic E-state index is 5.74. The Hall–Kier alpha value is -2.07. The van der Waals surface area contributed by atoms with Crippen LogP contribution < -0.4 is 5.73 Å². The van der Waals surface area contributed by atoms with Crippen LogP contribution in [0.2, 0.25) is 0 Å². The van der Waals surface area contributed by atoms with Crippen LogP contribution in [0, 0.1) is 13.8 Å². The van der Waals surface area contributed by atoms with E-state index >= 15 is 0 Å². The van der Waals surface area contributed by atoms with Gasteiger partial charge in [0.2, 0.25) is 0 Å². The summed E-state index contributed by atoms with van der Waals surface area (Å²) < 4.78 is 2.32. The summed E-state index contributed by atoms with van der Waals surface area (Å²) in [6.45, 7) is 5.16. The van der Waals surface area contributed by atoms with E-state index in [9.17, 15) is 0 Å². The van der Waals surface area contributed by atoms with Gasteiger partial charge < -0.3 is 10.3 Å². The molecule has 0 amide bonds. The molecule has 3 aromatic rings. The van der Waals surface area contributed by atoms with E-state index < -0.39 is 0 Å². The average Bonchev–Trinajstić information content (AvgIpc) is 2.98. The lowest BCUT2D eigenvalue weighted by Gasteiger charge is -2.09. The minimum atomic E-state index is 0.618. The molecule has 0 saturated carbocycles. The molecular formula is C16H17N3S. The third-order valence-electron chi connectivity index (χ3n) is 3.56. The van der Waals surface area contributed by atoms with Crippen LogP contribution in [0.5, 0.6) is 0 Å². The molecule has 0 aliphatic carbocycles. The lowest BCUT2D eigenvalue weighted by molar-refractivity contribution is 0.750. The van der Waals surface area contributed by atoms with E-state index in [-0.39, 0.29) is 0 Å². The van der Waals surface area contributed by atoms with E-state index in [1.54, 1.807) is 0 Å². The maximum absolute atomic E-state index is 5.74. The van der Waals surface area contributed by atoms with Crippen molar-refractivity contribution in [2.45, 2.75) is 20.4 Å². The van der Waals surface area contributed by atoms with Crippen molar-refractivity contribution in [3.05, 3.63) is 58.7 Å². The first-order chi connectivity index (χ1) is 9.65. The number of benzene rings is 1. The first-order valence-electron chi connectivity index (χ1n) is 6.57. The van der Waals surface area contributed by atoms with Crippen molar-refractivity contribution in [1.82, 2.24) is 9.55 Å². The molecule has 2 N–H and O–H groups in total. The summed E-state index contributed by atoms with van der Waals surface area (Å²) in [7, 11) is 0. The van der Waals surface area contributed by atoms with Crippen molar-refractivity contribution < 1.29 is 0 Å².